The van der Waals surface area contributed by atoms with Crippen LogP contribution in [0, 0.1) is 11.6 Å². The molecule has 1 unspecified atom stereocenters. The second-order valence-corrected chi connectivity index (χ2v) is 6.62. The Kier molecular flexibility index (Phi) is 3.83. The lowest BCUT2D eigenvalue weighted by Crippen LogP contribution is -2.18. The molecule has 0 amide bonds. The number of thiophene rings is 2. The fraction of sp³-hybridized carbons (Fsp3) is 0.200. The lowest BCUT2D eigenvalue weighted by atomic mass is 10.0. The molecule has 0 radical (unpaired) electrons. The Hall–Kier alpha value is -1.30. The topological polar surface area (TPSA) is 12.0 Å². The summed E-state index contributed by atoms with van der Waals surface area (Å²) >= 11 is 3.39. The van der Waals surface area contributed by atoms with Crippen molar-refractivity contribution < 1.29 is 8.78 Å². The molecule has 0 aliphatic rings. The van der Waals surface area contributed by atoms with Crippen LogP contribution in [0.1, 0.15) is 16.5 Å². The van der Waals surface area contributed by atoms with Gasteiger partial charge in [0.1, 0.15) is 0 Å². The number of halogens is 2. The molecule has 20 heavy (non-hydrogen) atoms. The van der Waals surface area contributed by atoms with Crippen LogP contribution < -0.4 is 5.32 Å². The van der Waals surface area contributed by atoms with Gasteiger partial charge in [-0.1, -0.05) is 12.1 Å². The van der Waals surface area contributed by atoms with Crippen molar-refractivity contribution in [1.82, 2.24) is 5.32 Å². The highest BCUT2D eigenvalue weighted by Crippen LogP contribution is 2.34. The molecule has 0 aliphatic heterocycles. The molecule has 1 nitrogen and oxygen atoms in total. The first-order chi connectivity index (χ1) is 9.69. The van der Waals surface area contributed by atoms with Crippen molar-refractivity contribution in [1.29, 1.82) is 0 Å². The van der Waals surface area contributed by atoms with Gasteiger partial charge in [-0.25, -0.2) is 8.78 Å². The maximum Gasteiger partial charge on any atom is 0.162 e. The zero-order chi connectivity index (χ0) is 14.1. The first kappa shape index (κ1) is 13.7. The number of hydrogen-bond acceptors (Lipinski definition) is 3. The Morgan fingerprint density at radius 3 is 2.80 bits per heavy atom. The molecule has 0 saturated carbocycles. The summed E-state index contributed by atoms with van der Waals surface area (Å²) in [7, 11) is 1.84. The third-order valence-electron chi connectivity index (χ3n) is 3.31. The second-order valence-electron chi connectivity index (χ2n) is 4.56. The van der Waals surface area contributed by atoms with Crippen molar-refractivity contribution in [3.63, 3.8) is 0 Å². The summed E-state index contributed by atoms with van der Waals surface area (Å²) < 4.78 is 29.5. The van der Waals surface area contributed by atoms with Gasteiger partial charge in [0.25, 0.3) is 0 Å². The monoisotopic (exact) mass is 309 g/mol. The van der Waals surface area contributed by atoms with E-state index in [0.717, 1.165) is 10.9 Å². The lowest BCUT2D eigenvalue weighted by Gasteiger charge is -2.15. The van der Waals surface area contributed by atoms with Gasteiger partial charge >= 0.3 is 0 Å². The van der Waals surface area contributed by atoms with E-state index < -0.39 is 11.6 Å². The summed E-state index contributed by atoms with van der Waals surface area (Å²) in [5, 5.41) is 5.25. The van der Waals surface area contributed by atoms with Gasteiger partial charge in [-0.15, -0.1) is 22.7 Å². The quantitative estimate of drug-likeness (QED) is 0.733. The molecule has 3 aromatic rings. The summed E-state index contributed by atoms with van der Waals surface area (Å²) in [5.74, 6) is -1.53. The highest BCUT2D eigenvalue weighted by atomic mass is 32.1. The molecule has 3 rings (SSSR count). The average Bonchev–Trinajstić information content (AvgIpc) is 3.01. The highest BCUT2D eigenvalue weighted by Gasteiger charge is 2.17. The van der Waals surface area contributed by atoms with Crippen molar-refractivity contribution in [2.24, 2.45) is 0 Å². The van der Waals surface area contributed by atoms with E-state index in [2.05, 4.69) is 22.8 Å². The van der Waals surface area contributed by atoms with Crippen molar-refractivity contribution in [2.45, 2.75) is 12.5 Å². The van der Waals surface area contributed by atoms with Crippen LogP contribution >= 0.6 is 22.7 Å². The zero-order valence-electron chi connectivity index (χ0n) is 10.8. The number of benzene rings is 1. The minimum absolute atomic E-state index is 0.00380. The van der Waals surface area contributed by atoms with E-state index >= 15 is 0 Å². The Bertz CT molecular complexity index is 704. The van der Waals surface area contributed by atoms with E-state index in [9.17, 15) is 8.78 Å². The molecule has 0 fully saturated rings. The summed E-state index contributed by atoms with van der Waals surface area (Å²) in [6.45, 7) is 0. The zero-order valence-corrected chi connectivity index (χ0v) is 12.5. The van der Waals surface area contributed by atoms with Crippen molar-refractivity contribution >= 4 is 32.1 Å². The van der Waals surface area contributed by atoms with Gasteiger partial charge in [0.15, 0.2) is 11.6 Å². The number of rotatable bonds is 4. The summed E-state index contributed by atoms with van der Waals surface area (Å²) in [5.41, 5.74) is 0.404. The SMILES string of the molecule is CNC(Cc1cccc(F)c1F)c1cc2sccc2s1. The van der Waals surface area contributed by atoms with Crippen LogP contribution in [0.3, 0.4) is 0 Å². The molecule has 2 aromatic heterocycles. The van der Waals surface area contributed by atoms with Crippen molar-refractivity contribution in [2.75, 3.05) is 7.05 Å². The second kappa shape index (κ2) is 5.60. The third kappa shape index (κ3) is 2.49. The third-order valence-corrected chi connectivity index (χ3v) is 5.51. The molecule has 2 heterocycles. The fourth-order valence-corrected chi connectivity index (χ4v) is 4.46. The molecule has 0 aliphatic carbocycles. The standard InChI is InChI=1S/C15H13F2NS2/c1-18-11(7-9-3-2-4-10(16)15(9)17)13-8-14-12(20-13)5-6-19-14/h2-6,8,11,18H,7H2,1H3. The van der Waals surface area contributed by atoms with Gasteiger partial charge in [-0.05, 0) is 42.6 Å². The van der Waals surface area contributed by atoms with Crippen LogP contribution in [0.5, 0.6) is 0 Å². The van der Waals surface area contributed by atoms with E-state index in [-0.39, 0.29) is 6.04 Å². The first-order valence-corrected chi connectivity index (χ1v) is 7.95. The maximum absolute atomic E-state index is 13.8. The molecular weight excluding hydrogens is 296 g/mol. The first-order valence-electron chi connectivity index (χ1n) is 6.26. The van der Waals surface area contributed by atoms with Crippen molar-refractivity contribution in [3.05, 3.63) is 57.8 Å². The van der Waals surface area contributed by atoms with Gasteiger partial charge in [-0.3, -0.25) is 0 Å². The molecule has 5 heteroatoms. The molecule has 0 spiro atoms. The molecule has 104 valence electrons. The lowest BCUT2D eigenvalue weighted by molar-refractivity contribution is 0.488. The van der Waals surface area contributed by atoms with E-state index in [1.807, 2.05) is 7.05 Å². The van der Waals surface area contributed by atoms with Crippen LogP contribution in [-0.4, -0.2) is 7.05 Å². The largest absolute Gasteiger partial charge is 0.312 e. The van der Waals surface area contributed by atoms with Crippen LogP contribution in [0.15, 0.2) is 35.7 Å². The van der Waals surface area contributed by atoms with Gasteiger partial charge in [-0.2, -0.15) is 0 Å². The van der Waals surface area contributed by atoms with E-state index in [1.165, 1.54) is 9.40 Å². The Morgan fingerprint density at radius 1 is 1.20 bits per heavy atom. The van der Waals surface area contributed by atoms with Crippen LogP contribution in [0.4, 0.5) is 8.78 Å². The summed E-state index contributed by atoms with van der Waals surface area (Å²) in [4.78, 5) is 1.15. The molecule has 0 saturated heterocycles. The predicted molar refractivity (Wildman–Crippen MR) is 81.6 cm³/mol. The van der Waals surface area contributed by atoms with Crippen LogP contribution in [0.2, 0.25) is 0 Å². The van der Waals surface area contributed by atoms with Crippen LogP contribution in [0.25, 0.3) is 9.40 Å². The van der Waals surface area contributed by atoms with Crippen LogP contribution in [-0.2, 0) is 6.42 Å². The van der Waals surface area contributed by atoms with Gasteiger partial charge in [0.05, 0.1) is 0 Å². The Morgan fingerprint density at radius 2 is 2.05 bits per heavy atom. The normalized spacial score (nSPS) is 12.9. The molecule has 1 atom stereocenters. The molecule has 1 N–H and O–H groups in total. The minimum atomic E-state index is -0.787. The number of likely N-dealkylation sites (N-methyl/N-ethyl adjacent to an activating group) is 1. The summed E-state index contributed by atoms with van der Waals surface area (Å²) in [6, 6.07) is 8.54. The molecule has 1 aromatic carbocycles. The minimum Gasteiger partial charge on any atom is -0.312 e. The number of hydrogen-bond donors (Lipinski definition) is 1. The fourth-order valence-electron chi connectivity index (χ4n) is 2.23. The Balaban J connectivity index is 1.90. The number of nitrogens with one attached hydrogen (secondary N) is 1. The van der Waals surface area contributed by atoms with Gasteiger partial charge < -0.3 is 5.32 Å². The average molecular weight is 309 g/mol. The van der Waals surface area contributed by atoms with Gasteiger partial charge in [0.2, 0.25) is 0 Å². The van der Waals surface area contributed by atoms with E-state index in [1.54, 1.807) is 34.8 Å². The van der Waals surface area contributed by atoms with Gasteiger partial charge in [0, 0.05) is 20.3 Å². The molecule has 0 bridgehead atoms. The van der Waals surface area contributed by atoms with E-state index in [0.29, 0.717) is 12.0 Å². The summed E-state index contributed by atoms with van der Waals surface area (Å²) in [6.07, 6.45) is 0.438. The van der Waals surface area contributed by atoms with Crippen molar-refractivity contribution in [3.8, 4) is 0 Å². The Labute approximate surface area is 123 Å². The highest BCUT2D eigenvalue weighted by molar-refractivity contribution is 7.26. The predicted octanol–water partition coefficient (Wildman–Crippen LogP) is 4.74. The number of fused-ring (bicyclic) bond motifs is 1. The molecular formula is C15H13F2NS2. The smallest absolute Gasteiger partial charge is 0.162 e. The van der Waals surface area contributed by atoms with E-state index in [4.69, 9.17) is 0 Å². The maximum atomic E-state index is 13.8.